The number of nitrogens with zero attached hydrogens (tertiary/aromatic N) is 2. The van der Waals surface area contributed by atoms with Gasteiger partial charge in [-0.05, 0) is 36.2 Å². The van der Waals surface area contributed by atoms with Gasteiger partial charge in [-0.2, -0.15) is 0 Å². The monoisotopic (exact) mass is 199 g/mol. The molecule has 0 aliphatic heterocycles. The summed E-state index contributed by atoms with van der Waals surface area (Å²) in [5.74, 6) is 1.66. The van der Waals surface area contributed by atoms with E-state index in [1.165, 1.54) is 5.56 Å². The molecule has 0 bridgehead atoms. The number of hydrogen-bond acceptors (Lipinski definition) is 3. The van der Waals surface area contributed by atoms with Crippen molar-refractivity contribution in [2.45, 2.75) is 13.3 Å². The van der Waals surface area contributed by atoms with Gasteiger partial charge in [0.15, 0.2) is 0 Å². The van der Waals surface area contributed by atoms with Gasteiger partial charge in [0.1, 0.15) is 11.6 Å². The Morgan fingerprint density at radius 1 is 1.07 bits per heavy atom. The molecule has 3 heteroatoms. The number of aromatic nitrogens is 2. The van der Waals surface area contributed by atoms with Crippen LogP contribution < -0.4 is 5.32 Å². The number of rotatable bonds is 3. The maximum Gasteiger partial charge on any atom is 0.131 e. The third-order valence-corrected chi connectivity index (χ3v) is 2.15. The first-order chi connectivity index (χ1) is 7.38. The van der Waals surface area contributed by atoms with E-state index in [0.29, 0.717) is 0 Å². The van der Waals surface area contributed by atoms with E-state index >= 15 is 0 Å². The number of aryl methyl sites for hydroxylation is 1. The first-order valence-corrected chi connectivity index (χ1v) is 5.01. The molecule has 0 fully saturated rings. The zero-order valence-corrected chi connectivity index (χ0v) is 8.64. The lowest BCUT2D eigenvalue weighted by atomic mass is 10.2. The van der Waals surface area contributed by atoms with E-state index in [4.69, 9.17) is 0 Å². The Balaban J connectivity index is 2.17. The summed E-state index contributed by atoms with van der Waals surface area (Å²) in [4.78, 5) is 8.41. The minimum atomic E-state index is 0.818. The number of anilines is 2. The molecular formula is C12H13N3. The molecule has 15 heavy (non-hydrogen) atoms. The zero-order valence-electron chi connectivity index (χ0n) is 8.64. The summed E-state index contributed by atoms with van der Waals surface area (Å²) in [6, 6.07) is 9.80. The maximum absolute atomic E-state index is 4.23. The van der Waals surface area contributed by atoms with Crippen molar-refractivity contribution < 1.29 is 0 Å². The van der Waals surface area contributed by atoms with Gasteiger partial charge in [-0.1, -0.05) is 13.0 Å². The smallest absolute Gasteiger partial charge is 0.131 e. The fourth-order valence-corrected chi connectivity index (χ4v) is 1.33. The largest absolute Gasteiger partial charge is 0.325 e. The quantitative estimate of drug-likeness (QED) is 0.826. The van der Waals surface area contributed by atoms with Crippen LogP contribution in [0.4, 0.5) is 11.6 Å². The molecule has 0 spiro atoms. The van der Waals surface area contributed by atoms with Gasteiger partial charge >= 0.3 is 0 Å². The molecular weight excluding hydrogens is 186 g/mol. The van der Waals surface area contributed by atoms with Crippen LogP contribution in [0.5, 0.6) is 0 Å². The summed E-state index contributed by atoms with van der Waals surface area (Å²) in [6.45, 7) is 2.12. The minimum Gasteiger partial charge on any atom is -0.325 e. The molecule has 0 unspecified atom stereocenters. The molecule has 1 N–H and O–H groups in total. The van der Waals surface area contributed by atoms with E-state index < -0.39 is 0 Å². The molecule has 76 valence electrons. The van der Waals surface area contributed by atoms with Crippen molar-refractivity contribution in [2.75, 3.05) is 5.32 Å². The van der Waals surface area contributed by atoms with Crippen molar-refractivity contribution >= 4 is 11.6 Å². The van der Waals surface area contributed by atoms with Gasteiger partial charge in [0, 0.05) is 12.4 Å². The van der Waals surface area contributed by atoms with Crippen LogP contribution in [0.15, 0.2) is 42.7 Å². The van der Waals surface area contributed by atoms with Crippen LogP contribution in [0.1, 0.15) is 12.5 Å². The van der Waals surface area contributed by atoms with Crippen LogP contribution in [-0.4, -0.2) is 9.97 Å². The lowest BCUT2D eigenvalue weighted by Crippen LogP contribution is -1.95. The van der Waals surface area contributed by atoms with Gasteiger partial charge in [-0.3, -0.25) is 0 Å². The predicted molar refractivity (Wildman–Crippen MR) is 61.1 cm³/mol. The molecule has 0 atom stereocenters. The highest BCUT2D eigenvalue weighted by molar-refractivity contribution is 5.51. The van der Waals surface area contributed by atoms with Crippen molar-refractivity contribution in [1.29, 1.82) is 0 Å². The lowest BCUT2D eigenvalue weighted by molar-refractivity contribution is 1.12. The van der Waals surface area contributed by atoms with Crippen molar-refractivity contribution in [2.24, 2.45) is 0 Å². The molecule has 0 radical (unpaired) electrons. The molecule has 0 amide bonds. The molecule has 2 aromatic rings. The molecule has 2 rings (SSSR count). The third-order valence-electron chi connectivity index (χ3n) is 2.15. The van der Waals surface area contributed by atoms with E-state index in [1.807, 2.05) is 36.5 Å². The van der Waals surface area contributed by atoms with Gasteiger partial charge in [-0.15, -0.1) is 0 Å². The topological polar surface area (TPSA) is 37.8 Å². The Kier molecular flexibility index (Phi) is 2.93. The van der Waals surface area contributed by atoms with Gasteiger partial charge in [0.2, 0.25) is 0 Å². The van der Waals surface area contributed by atoms with Crippen LogP contribution in [0, 0.1) is 0 Å². The zero-order chi connectivity index (χ0) is 10.5. The molecule has 2 aromatic heterocycles. The Hall–Kier alpha value is -1.90. The van der Waals surface area contributed by atoms with E-state index in [0.717, 1.165) is 18.1 Å². The van der Waals surface area contributed by atoms with E-state index in [9.17, 15) is 0 Å². The Morgan fingerprint density at radius 2 is 1.93 bits per heavy atom. The first-order valence-electron chi connectivity index (χ1n) is 5.01. The fourth-order valence-electron chi connectivity index (χ4n) is 1.33. The third kappa shape index (κ3) is 2.53. The second kappa shape index (κ2) is 4.55. The molecule has 0 aliphatic carbocycles. The standard InChI is InChI=1S/C12H13N3/c1-2-10-6-8-14-12(9-10)15-11-5-3-4-7-13-11/h3-9H,2H2,1H3,(H,13,14,15). The highest BCUT2D eigenvalue weighted by atomic mass is 15.0. The fraction of sp³-hybridized carbons (Fsp3) is 0.167. The van der Waals surface area contributed by atoms with Gasteiger partial charge in [0.25, 0.3) is 0 Å². The van der Waals surface area contributed by atoms with Crippen molar-refractivity contribution in [3.05, 3.63) is 48.3 Å². The summed E-state index contributed by atoms with van der Waals surface area (Å²) in [5.41, 5.74) is 1.27. The second-order valence-corrected chi connectivity index (χ2v) is 3.24. The highest BCUT2D eigenvalue weighted by Crippen LogP contribution is 2.12. The second-order valence-electron chi connectivity index (χ2n) is 3.24. The van der Waals surface area contributed by atoms with Crippen molar-refractivity contribution in [3.8, 4) is 0 Å². The van der Waals surface area contributed by atoms with E-state index in [2.05, 4.69) is 22.2 Å². The first kappa shape index (κ1) is 9.65. The van der Waals surface area contributed by atoms with Crippen molar-refractivity contribution in [3.63, 3.8) is 0 Å². The Morgan fingerprint density at radius 3 is 2.67 bits per heavy atom. The predicted octanol–water partition coefficient (Wildman–Crippen LogP) is 2.78. The number of nitrogens with one attached hydrogen (secondary N) is 1. The van der Waals surface area contributed by atoms with Crippen LogP contribution in [0.2, 0.25) is 0 Å². The van der Waals surface area contributed by atoms with Crippen LogP contribution >= 0.6 is 0 Å². The SMILES string of the molecule is CCc1ccnc(Nc2ccccn2)c1. The van der Waals surface area contributed by atoms with E-state index in [1.54, 1.807) is 6.20 Å². The van der Waals surface area contributed by atoms with Crippen LogP contribution in [0.3, 0.4) is 0 Å². The van der Waals surface area contributed by atoms with Gasteiger partial charge in [0.05, 0.1) is 0 Å². The summed E-state index contributed by atoms with van der Waals surface area (Å²) >= 11 is 0. The Bertz CT molecular complexity index is 426. The van der Waals surface area contributed by atoms with E-state index in [-0.39, 0.29) is 0 Å². The lowest BCUT2D eigenvalue weighted by Gasteiger charge is -2.05. The summed E-state index contributed by atoms with van der Waals surface area (Å²) < 4.78 is 0. The molecule has 0 saturated carbocycles. The highest BCUT2D eigenvalue weighted by Gasteiger charge is 1.96. The Labute approximate surface area is 89.2 Å². The number of hydrogen-bond donors (Lipinski definition) is 1. The average Bonchev–Trinajstić information content (AvgIpc) is 2.31. The maximum atomic E-state index is 4.23. The van der Waals surface area contributed by atoms with Gasteiger partial charge < -0.3 is 5.32 Å². The van der Waals surface area contributed by atoms with Crippen molar-refractivity contribution in [1.82, 2.24) is 9.97 Å². The summed E-state index contributed by atoms with van der Waals surface area (Å²) in [6.07, 6.45) is 4.58. The summed E-state index contributed by atoms with van der Waals surface area (Å²) in [7, 11) is 0. The molecule has 0 aromatic carbocycles. The molecule has 0 aliphatic rings. The molecule has 2 heterocycles. The van der Waals surface area contributed by atoms with Crippen LogP contribution in [0.25, 0.3) is 0 Å². The average molecular weight is 199 g/mol. The summed E-state index contributed by atoms with van der Waals surface area (Å²) in [5, 5.41) is 3.16. The molecule has 0 saturated heterocycles. The molecule has 3 nitrogen and oxygen atoms in total. The van der Waals surface area contributed by atoms with Gasteiger partial charge in [-0.25, -0.2) is 9.97 Å². The van der Waals surface area contributed by atoms with Crippen LogP contribution in [-0.2, 0) is 6.42 Å². The minimum absolute atomic E-state index is 0.818. The normalized spacial score (nSPS) is 9.93. The number of pyridine rings is 2.